The minimum atomic E-state index is -4.95. The Hall–Kier alpha value is -0.870. The largest absolute Gasteiger partial charge is 0.756 e. The van der Waals surface area contributed by atoms with Crippen LogP contribution < -0.4 is 4.89 Å². The molecule has 0 saturated carbocycles. The van der Waals surface area contributed by atoms with Crippen LogP contribution in [0.1, 0.15) is 12.8 Å². The van der Waals surface area contributed by atoms with Crippen molar-refractivity contribution in [1.29, 1.82) is 0 Å². The number of phosphoric acid groups is 1. The number of rotatable bonds is 9. The van der Waals surface area contributed by atoms with E-state index in [1.807, 2.05) is 0 Å². The van der Waals surface area contributed by atoms with Crippen LogP contribution in [0.4, 0.5) is 0 Å². The first-order valence-electron chi connectivity index (χ1n) is 5.03. The van der Waals surface area contributed by atoms with Gasteiger partial charge in [-0.25, -0.2) is 4.79 Å². The number of aliphatic hydroxyl groups excluding tert-OH is 3. The van der Waals surface area contributed by atoms with Gasteiger partial charge in [-0.05, 0) is 6.42 Å². The van der Waals surface area contributed by atoms with Gasteiger partial charge in [0, 0.05) is 6.42 Å². The fourth-order valence-electron chi connectivity index (χ4n) is 1.11. The third kappa shape index (κ3) is 8.01. The van der Waals surface area contributed by atoms with Gasteiger partial charge in [0.2, 0.25) is 5.78 Å². The highest BCUT2D eigenvalue weighted by molar-refractivity contribution is 7.44. The highest BCUT2D eigenvalue weighted by Gasteiger charge is 2.28. The first-order valence-corrected chi connectivity index (χ1v) is 6.53. The fraction of sp³-hybridized carbons (Fsp3) is 0.750. The van der Waals surface area contributed by atoms with Crippen LogP contribution in [0.15, 0.2) is 0 Å². The second-order valence-corrected chi connectivity index (χ2v) is 4.84. The van der Waals surface area contributed by atoms with Gasteiger partial charge in [0.1, 0.15) is 6.10 Å². The SMILES string of the molecule is O=C(O)C(=O)CC(O)C(O)C(O)CCOP(=O)([O-])O. The van der Waals surface area contributed by atoms with Crippen molar-refractivity contribution in [3.63, 3.8) is 0 Å². The molecule has 0 rings (SSSR count). The van der Waals surface area contributed by atoms with Crippen LogP contribution in [0.25, 0.3) is 0 Å². The molecule has 0 fully saturated rings. The van der Waals surface area contributed by atoms with E-state index in [1.165, 1.54) is 0 Å². The highest BCUT2D eigenvalue weighted by Crippen LogP contribution is 2.30. The molecule has 11 heteroatoms. The Balaban J connectivity index is 4.17. The number of carboxylic acid groups (broad SMARTS) is 1. The molecule has 0 heterocycles. The molecule has 4 unspecified atom stereocenters. The Bertz CT molecular complexity index is 363. The molecule has 0 aromatic carbocycles. The Morgan fingerprint density at radius 2 is 1.74 bits per heavy atom. The Morgan fingerprint density at radius 1 is 1.21 bits per heavy atom. The molecule has 0 aliphatic carbocycles. The maximum Gasteiger partial charge on any atom is 0.372 e. The molecule has 0 radical (unpaired) electrons. The van der Waals surface area contributed by atoms with Gasteiger partial charge in [-0.1, -0.05) is 0 Å². The molecular weight excluding hydrogens is 287 g/mol. The molecular formula is C8H14O10P-. The predicted octanol–water partition coefficient (Wildman–Crippen LogP) is -3.02. The summed E-state index contributed by atoms with van der Waals surface area (Å²) in [6.45, 7) is -0.658. The monoisotopic (exact) mass is 301 g/mol. The van der Waals surface area contributed by atoms with Gasteiger partial charge >= 0.3 is 5.97 Å². The first kappa shape index (κ1) is 18.1. The first-order chi connectivity index (χ1) is 8.54. The number of ketones is 1. The van der Waals surface area contributed by atoms with E-state index in [0.29, 0.717) is 0 Å². The summed E-state index contributed by atoms with van der Waals surface area (Å²) >= 11 is 0. The van der Waals surface area contributed by atoms with Crippen LogP contribution in [0.3, 0.4) is 0 Å². The molecule has 0 aromatic rings. The third-order valence-corrected chi connectivity index (χ3v) is 2.60. The molecule has 19 heavy (non-hydrogen) atoms. The van der Waals surface area contributed by atoms with Crippen molar-refractivity contribution in [1.82, 2.24) is 0 Å². The van der Waals surface area contributed by atoms with Crippen LogP contribution in [0, 0.1) is 0 Å². The molecule has 0 spiro atoms. The van der Waals surface area contributed by atoms with Gasteiger partial charge in [-0.2, -0.15) is 0 Å². The van der Waals surface area contributed by atoms with Crippen molar-refractivity contribution < 1.29 is 48.9 Å². The normalized spacial score (nSPS) is 19.2. The number of Topliss-reactive ketones (excluding diaryl/α,β-unsaturated/α-hetero) is 1. The summed E-state index contributed by atoms with van der Waals surface area (Å²) in [6.07, 6.45) is -6.73. The number of carbonyl (C=O) groups is 2. The van der Waals surface area contributed by atoms with Gasteiger partial charge < -0.3 is 34.7 Å². The van der Waals surface area contributed by atoms with Crippen molar-refractivity contribution in [2.75, 3.05) is 6.61 Å². The molecule has 0 aliphatic rings. The van der Waals surface area contributed by atoms with E-state index >= 15 is 0 Å². The number of carbonyl (C=O) groups excluding carboxylic acids is 1. The van der Waals surface area contributed by atoms with Crippen molar-refractivity contribution in [2.24, 2.45) is 0 Å². The predicted molar refractivity (Wildman–Crippen MR) is 55.7 cm³/mol. The summed E-state index contributed by atoms with van der Waals surface area (Å²) < 4.78 is 14.1. The molecule has 0 saturated heterocycles. The van der Waals surface area contributed by atoms with Crippen LogP contribution >= 0.6 is 7.82 Å². The minimum absolute atomic E-state index is 0.466. The lowest BCUT2D eigenvalue weighted by Crippen LogP contribution is -2.40. The van der Waals surface area contributed by atoms with Crippen molar-refractivity contribution >= 4 is 19.6 Å². The van der Waals surface area contributed by atoms with Gasteiger partial charge in [-0.3, -0.25) is 9.36 Å². The Kier molecular flexibility index (Phi) is 7.30. The number of carboxylic acids is 1. The quantitative estimate of drug-likeness (QED) is 0.217. The molecule has 4 atom stereocenters. The van der Waals surface area contributed by atoms with E-state index in [4.69, 9.17) is 10.00 Å². The number of hydrogen-bond donors (Lipinski definition) is 5. The Labute approximate surface area is 107 Å². The van der Waals surface area contributed by atoms with E-state index in [9.17, 15) is 34.4 Å². The second-order valence-electron chi connectivity index (χ2n) is 3.65. The van der Waals surface area contributed by atoms with Crippen molar-refractivity contribution in [2.45, 2.75) is 31.2 Å². The van der Waals surface area contributed by atoms with E-state index in [0.717, 1.165) is 0 Å². The smallest absolute Gasteiger partial charge is 0.372 e. The van der Waals surface area contributed by atoms with Crippen LogP contribution in [-0.2, 0) is 18.7 Å². The zero-order chi connectivity index (χ0) is 15.2. The van der Waals surface area contributed by atoms with E-state index in [1.54, 1.807) is 0 Å². The number of aliphatic carboxylic acids is 1. The fourth-order valence-corrected chi connectivity index (χ4v) is 1.45. The summed E-state index contributed by atoms with van der Waals surface area (Å²) in [5, 5.41) is 36.2. The van der Waals surface area contributed by atoms with Crippen molar-refractivity contribution in [3.05, 3.63) is 0 Å². The van der Waals surface area contributed by atoms with Crippen LogP contribution in [-0.4, -0.2) is 62.0 Å². The molecule has 112 valence electrons. The molecule has 5 N–H and O–H groups in total. The lowest BCUT2D eigenvalue weighted by molar-refractivity contribution is -0.220. The molecule has 0 aromatic heterocycles. The lowest BCUT2D eigenvalue weighted by atomic mass is 10.0. The van der Waals surface area contributed by atoms with Crippen LogP contribution in [0.5, 0.6) is 0 Å². The average molecular weight is 301 g/mol. The zero-order valence-electron chi connectivity index (χ0n) is 9.58. The average Bonchev–Trinajstić information content (AvgIpc) is 2.25. The third-order valence-electron chi connectivity index (χ3n) is 2.09. The maximum atomic E-state index is 10.7. The molecule has 0 amide bonds. The molecule has 0 aliphatic heterocycles. The van der Waals surface area contributed by atoms with Gasteiger partial charge in [-0.15, -0.1) is 0 Å². The van der Waals surface area contributed by atoms with Gasteiger partial charge in [0.25, 0.3) is 7.82 Å². The van der Waals surface area contributed by atoms with Gasteiger partial charge in [0.05, 0.1) is 18.8 Å². The second kappa shape index (κ2) is 7.65. The summed E-state index contributed by atoms with van der Waals surface area (Å²) in [4.78, 5) is 39.4. The number of aliphatic hydroxyl groups is 3. The summed E-state index contributed by atoms with van der Waals surface area (Å²) in [5.41, 5.74) is 0. The van der Waals surface area contributed by atoms with Gasteiger partial charge in [0.15, 0.2) is 0 Å². The zero-order valence-corrected chi connectivity index (χ0v) is 10.5. The van der Waals surface area contributed by atoms with E-state index < -0.39 is 57.3 Å². The number of hydrogen-bond acceptors (Lipinski definition) is 8. The summed E-state index contributed by atoms with van der Waals surface area (Å²) in [7, 11) is -4.95. The molecule has 0 bridgehead atoms. The van der Waals surface area contributed by atoms with Crippen molar-refractivity contribution in [3.8, 4) is 0 Å². The summed E-state index contributed by atoms with van der Waals surface area (Å²) in [5.74, 6) is -3.15. The van der Waals surface area contributed by atoms with Crippen LogP contribution in [0.2, 0.25) is 0 Å². The topological polar surface area (TPSA) is 185 Å². The standard InChI is InChI=1S/C8H15O10P/c9-4(1-2-18-19(15,16)17)7(12)5(10)3-6(11)8(13)14/h4-5,7,9-10,12H,1-3H2,(H,13,14)(H2,15,16,17)/p-1. The van der Waals surface area contributed by atoms with E-state index in [2.05, 4.69) is 4.52 Å². The maximum absolute atomic E-state index is 10.7. The summed E-state index contributed by atoms with van der Waals surface area (Å²) in [6, 6.07) is 0. The van der Waals surface area contributed by atoms with E-state index in [-0.39, 0.29) is 0 Å². The Morgan fingerprint density at radius 3 is 2.16 bits per heavy atom. The number of phosphoric ester groups is 1. The molecule has 10 nitrogen and oxygen atoms in total. The lowest BCUT2D eigenvalue weighted by Gasteiger charge is -2.23. The minimum Gasteiger partial charge on any atom is -0.756 e. The highest BCUT2D eigenvalue weighted by atomic mass is 31.2.